The van der Waals surface area contributed by atoms with Gasteiger partial charge in [-0.3, -0.25) is 4.18 Å². The van der Waals surface area contributed by atoms with Crippen molar-refractivity contribution in [3.05, 3.63) is 29.3 Å². The van der Waals surface area contributed by atoms with E-state index < -0.39 is 10.1 Å². The third-order valence-electron chi connectivity index (χ3n) is 2.35. The monoisotopic (exact) mass is 242 g/mol. The van der Waals surface area contributed by atoms with Gasteiger partial charge in [0.15, 0.2) is 0 Å². The quantitative estimate of drug-likeness (QED) is 0.589. The summed E-state index contributed by atoms with van der Waals surface area (Å²) in [6.45, 7) is 5.89. The second kappa shape index (κ2) is 5.46. The molecular formula is C12H18O3S. The normalized spacial score (nSPS) is 11.7. The molecule has 0 aliphatic carbocycles. The zero-order chi connectivity index (χ0) is 12.2. The molecule has 3 nitrogen and oxygen atoms in total. The Kier molecular flexibility index (Phi) is 4.50. The summed E-state index contributed by atoms with van der Waals surface area (Å²) in [5.41, 5.74) is 1.64. The highest BCUT2D eigenvalue weighted by atomic mass is 32.2. The third-order valence-corrected chi connectivity index (χ3v) is 3.80. The molecule has 90 valence electrons. The molecule has 0 spiro atoms. The lowest BCUT2D eigenvalue weighted by atomic mass is 10.2. The van der Waals surface area contributed by atoms with Crippen LogP contribution in [0.15, 0.2) is 23.1 Å². The van der Waals surface area contributed by atoms with Crippen molar-refractivity contribution in [2.24, 2.45) is 0 Å². The van der Waals surface area contributed by atoms with Crippen LogP contribution in [0.1, 0.15) is 30.9 Å². The number of rotatable bonds is 5. The topological polar surface area (TPSA) is 43.4 Å². The summed E-state index contributed by atoms with van der Waals surface area (Å²) in [6.07, 6.45) is 1.67. The fourth-order valence-corrected chi connectivity index (χ4v) is 2.61. The van der Waals surface area contributed by atoms with Crippen LogP contribution in [0.3, 0.4) is 0 Å². The predicted molar refractivity (Wildman–Crippen MR) is 64.0 cm³/mol. The Hall–Kier alpha value is -0.870. The Balaban J connectivity index is 2.93. The van der Waals surface area contributed by atoms with Gasteiger partial charge in [0.25, 0.3) is 10.1 Å². The molecule has 0 fully saturated rings. The van der Waals surface area contributed by atoms with Gasteiger partial charge < -0.3 is 0 Å². The molecule has 4 heteroatoms. The lowest BCUT2D eigenvalue weighted by Crippen LogP contribution is -2.09. The van der Waals surface area contributed by atoms with Crippen LogP contribution in [0.4, 0.5) is 0 Å². The second-order valence-electron chi connectivity index (χ2n) is 3.90. The van der Waals surface area contributed by atoms with E-state index in [-0.39, 0.29) is 11.5 Å². The zero-order valence-electron chi connectivity index (χ0n) is 9.99. The Morgan fingerprint density at radius 1 is 1.25 bits per heavy atom. The minimum absolute atomic E-state index is 0.256. The molecule has 0 saturated heterocycles. The van der Waals surface area contributed by atoms with Crippen LogP contribution in [0, 0.1) is 13.8 Å². The van der Waals surface area contributed by atoms with Gasteiger partial charge in [-0.2, -0.15) is 8.42 Å². The minimum Gasteiger partial charge on any atom is -0.266 e. The Morgan fingerprint density at radius 3 is 2.56 bits per heavy atom. The highest BCUT2D eigenvalue weighted by Gasteiger charge is 2.17. The second-order valence-corrected chi connectivity index (χ2v) is 5.48. The molecule has 0 N–H and O–H groups in total. The lowest BCUT2D eigenvalue weighted by molar-refractivity contribution is 0.310. The molecule has 1 aromatic rings. The first kappa shape index (κ1) is 13.2. The highest BCUT2D eigenvalue weighted by molar-refractivity contribution is 7.86. The van der Waals surface area contributed by atoms with Gasteiger partial charge in [-0.25, -0.2) is 0 Å². The van der Waals surface area contributed by atoms with E-state index in [4.69, 9.17) is 4.18 Å². The summed E-state index contributed by atoms with van der Waals surface area (Å²) in [5.74, 6) is 0. The smallest absolute Gasteiger partial charge is 0.266 e. The van der Waals surface area contributed by atoms with Gasteiger partial charge in [0.1, 0.15) is 0 Å². The maximum Gasteiger partial charge on any atom is 0.297 e. The van der Waals surface area contributed by atoms with E-state index in [0.717, 1.165) is 24.0 Å². The summed E-state index contributed by atoms with van der Waals surface area (Å²) in [7, 11) is -3.59. The van der Waals surface area contributed by atoms with E-state index in [1.54, 1.807) is 19.1 Å². The lowest BCUT2D eigenvalue weighted by Gasteiger charge is -2.08. The third kappa shape index (κ3) is 3.32. The number of aryl methyl sites for hydroxylation is 2. The zero-order valence-corrected chi connectivity index (χ0v) is 10.8. The van der Waals surface area contributed by atoms with Crippen molar-refractivity contribution in [1.29, 1.82) is 0 Å². The maximum absolute atomic E-state index is 11.9. The van der Waals surface area contributed by atoms with Gasteiger partial charge in [-0.05, 0) is 37.5 Å². The van der Waals surface area contributed by atoms with E-state index in [9.17, 15) is 8.42 Å². The van der Waals surface area contributed by atoms with Crippen molar-refractivity contribution in [2.75, 3.05) is 6.61 Å². The van der Waals surface area contributed by atoms with Gasteiger partial charge in [-0.1, -0.05) is 25.5 Å². The SMILES string of the molecule is CCCCOS(=O)(=O)c1cc(C)ccc1C. The maximum atomic E-state index is 11.9. The van der Waals surface area contributed by atoms with Crippen molar-refractivity contribution in [2.45, 2.75) is 38.5 Å². The first-order valence-corrected chi connectivity index (χ1v) is 6.85. The van der Waals surface area contributed by atoms with E-state index in [1.807, 2.05) is 19.9 Å². The highest BCUT2D eigenvalue weighted by Crippen LogP contribution is 2.19. The summed E-state index contributed by atoms with van der Waals surface area (Å²) >= 11 is 0. The average molecular weight is 242 g/mol. The van der Waals surface area contributed by atoms with Crippen molar-refractivity contribution < 1.29 is 12.6 Å². The van der Waals surface area contributed by atoms with Gasteiger partial charge >= 0.3 is 0 Å². The molecule has 0 aromatic heterocycles. The van der Waals surface area contributed by atoms with Crippen LogP contribution in [0.5, 0.6) is 0 Å². The average Bonchev–Trinajstić information content (AvgIpc) is 2.22. The Bertz CT molecular complexity index is 449. The van der Waals surface area contributed by atoms with Crippen molar-refractivity contribution >= 4 is 10.1 Å². The molecule has 16 heavy (non-hydrogen) atoms. The summed E-state index contributed by atoms with van der Waals surface area (Å²) in [6, 6.07) is 5.34. The number of unbranched alkanes of at least 4 members (excludes halogenated alkanes) is 1. The van der Waals surface area contributed by atoms with Crippen LogP contribution < -0.4 is 0 Å². The van der Waals surface area contributed by atoms with Gasteiger partial charge in [0, 0.05) is 0 Å². The number of hydrogen-bond acceptors (Lipinski definition) is 3. The predicted octanol–water partition coefficient (Wildman–Crippen LogP) is 2.81. The molecule has 0 heterocycles. The van der Waals surface area contributed by atoms with E-state index in [0.29, 0.717) is 0 Å². The molecule has 0 atom stereocenters. The van der Waals surface area contributed by atoms with Crippen molar-refractivity contribution in [3.63, 3.8) is 0 Å². The minimum atomic E-state index is -3.59. The van der Waals surface area contributed by atoms with E-state index in [1.165, 1.54) is 0 Å². The van der Waals surface area contributed by atoms with Crippen LogP contribution in [0.25, 0.3) is 0 Å². The van der Waals surface area contributed by atoms with E-state index in [2.05, 4.69) is 0 Å². The van der Waals surface area contributed by atoms with Crippen LogP contribution >= 0.6 is 0 Å². The fraction of sp³-hybridized carbons (Fsp3) is 0.500. The largest absolute Gasteiger partial charge is 0.297 e. The van der Waals surface area contributed by atoms with Crippen LogP contribution in [0.2, 0.25) is 0 Å². The number of hydrogen-bond donors (Lipinski definition) is 0. The molecule has 0 aliphatic heterocycles. The molecule has 1 aromatic carbocycles. The molecular weight excluding hydrogens is 224 g/mol. The summed E-state index contributed by atoms with van der Waals surface area (Å²) in [5, 5.41) is 0. The first-order valence-electron chi connectivity index (χ1n) is 5.44. The van der Waals surface area contributed by atoms with Crippen molar-refractivity contribution in [1.82, 2.24) is 0 Å². The molecule has 1 rings (SSSR count). The van der Waals surface area contributed by atoms with E-state index >= 15 is 0 Å². The molecule has 0 aliphatic rings. The van der Waals surface area contributed by atoms with Gasteiger partial charge in [0.2, 0.25) is 0 Å². The Labute approximate surface area is 97.6 Å². The standard InChI is InChI=1S/C12H18O3S/c1-4-5-8-15-16(13,14)12-9-10(2)6-7-11(12)3/h6-7,9H,4-5,8H2,1-3H3. The molecule has 0 saturated carbocycles. The molecule has 0 unspecified atom stereocenters. The number of benzene rings is 1. The molecule has 0 radical (unpaired) electrons. The first-order chi connectivity index (χ1) is 7.47. The summed E-state index contributed by atoms with van der Waals surface area (Å²) < 4.78 is 28.7. The van der Waals surface area contributed by atoms with Gasteiger partial charge in [0.05, 0.1) is 11.5 Å². The van der Waals surface area contributed by atoms with Crippen molar-refractivity contribution in [3.8, 4) is 0 Å². The Morgan fingerprint density at radius 2 is 1.94 bits per heavy atom. The molecule has 0 amide bonds. The molecule has 0 bridgehead atoms. The fourth-order valence-electron chi connectivity index (χ4n) is 1.35. The van der Waals surface area contributed by atoms with Crippen LogP contribution in [-0.2, 0) is 14.3 Å². The summed E-state index contributed by atoms with van der Waals surface area (Å²) in [4.78, 5) is 0.281. The van der Waals surface area contributed by atoms with Gasteiger partial charge in [-0.15, -0.1) is 0 Å². The van der Waals surface area contributed by atoms with Crippen LogP contribution in [-0.4, -0.2) is 15.0 Å².